The summed E-state index contributed by atoms with van der Waals surface area (Å²) in [6.45, 7) is 2.25. The van der Waals surface area contributed by atoms with Gasteiger partial charge in [0.15, 0.2) is 11.5 Å². The average Bonchev–Trinajstić information content (AvgIpc) is 3.23. The smallest absolute Gasteiger partial charge is 0.240 e. The summed E-state index contributed by atoms with van der Waals surface area (Å²) in [5, 5.41) is 0. The summed E-state index contributed by atoms with van der Waals surface area (Å²) >= 11 is 0. The molecule has 29 heavy (non-hydrogen) atoms. The van der Waals surface area contributed by atoms with Crippen molar-refractivity contribution < 1.29 is 22.6 Å². The summed E-state index contributed by atoms with van der Waals surface area (Å²) < 4.78 is 44.8. The molecule has 0 saturated carbocycles. The zero-order valence-electron chi connectivity index (χ0n) is 16.5. The molecule has 4 rings (SSSR count). The van der Waals surface area contributed by atoms with E-state index in [0.717, 1.165) is 37.2 Å². The van der Waals surface area contributed by atoms with Gasteiger partial charge in [0.25, 0.3) is 0 Å². The van der Waals surface area contributed by atoms with Crippen LogP contribution in [-0.2, 0) is 10.0 Å². The Morgan fingerprint density at radius 2 is 1.83 bits per heavy atom. The second kappa shape index (κ2) is 8.61. The first kappa shape index (κ1) is 20.0. The number of ether oxygens (including phenoxy) is 3. The van der Waals surface area contributed by atoms with E-state index in [2.05, 4.69) is 9.62 Å². The molecule has 0 amide bonds. The zero-order chi connectivity index (χ0) is 20.3. The van der Waals surface area contributed by atoms with Gasteiger partial charge in [-0.25, -0.2) is 13.1 Å². The lowest BCUT2D eigenvalue weighted by Crippen LogP contribution is -2.40. The van der Waals surface area contributed by atoms with Gasteiger partial charge in [0, 0.05) is 18.2 Å². The Bertz CT molecular complexity index is 957. The van der Waals surface area contributed by atoms with Crippen LogP contribution in [0.25, 0.3) is 0 Å². The van der Waals surface area contributed by atoms with Gasteiger partial charge in [-0.2, -0.15) is 0 Å². The molecule has 2 aromatic rings. The Labute approximate surface area is 171 Å². The van der Waals surface area contributed by atoms with Crippen molar-refractivity contribution >= 4 is 10.0 Å². The highest BCUT2D eigenvalue weighted by atomic mass is 32.2. The van der Waals surface area contributed by atoms with Crippen LogP contribution in [0.4, 0.5) is 0 Å². The molecule has 0 aliphatic carbocycles. The number of rotatable bonds is 7. The molecule has 0 spiro atoms. The van der Waals surface area contributed by atoms with Gasteiger partial charge in [0.1, 0.15) is 5.75 Å². The SMILES string of the molecule is COc1ccccc1C(CNS(=O)(=O)c1ccc2c(c1)OCO2)N1CCCCC1. The van der Waals surface area contributed by atoms with E-state index in [1.807, 2.05) is 24.3 Å². The molecule has 1 unspecified atom stereocenters. The molecule has 2 heterocycles. The van der Waals surface area contributed by atoms with Gasteiger partial charge >= 0.3 is 0 Å². The largest absolute Gasteiger partial charge is 0.496 e. The van der Waals surface area contributed by atoms with E-state index in [1.165, 1.54) is 18.6 Å². The maximum Gasteiger partial charge on any atom is 0.240 e. The van der Waals surface area contributed by atoms with Crippen molar-refractivity contribution in [3.63, 3.8) is 0 Å². The Kier molecular flexibility index (Phi) is 5.94. The van der Waals surface area contributed by atoms with Crippen molar-refractivity contribution in [1.29, 1.82) is 0 Å². The number of hydrogen-bond donors (Lipinski definition) is 1. The van der Waals surface area contributed by atoms with Crippen LogP contribution in [0, 0.1) is 0 Å². The normalized spacial score (nSPS) is 17.8. The number of nitrogens with one attached hydrogen (secondary N) is 1. The van der Waals surface area contributed by atoms with E-state index in [0.29, 0.717) is 11.5 Å². The Balaban J connectivity index is 1.57. The van der Waals surface area contributed by atoms with E-state index in [4.69, 9.17) is 14.2 Å². The topological polar surface area (TPSA) is 77.1 Å². The number of fused-ring (bicyclic) bond motifs is 1. The molecule has 1 fully saturated rings. The lowest BCUT2D eigenvalue weighted by Gasteiger charge is -2.35. The van der Waals surface area contributed by atoms with Gasteiger partial charge in [-0.1, -0.05) is 24.6 Å². The van der Waals surface area contributed by atoms with Gasteiger partial charge in [0.05, 0.1) is 18.0 Å². The van der Waals surface area contributed by atoms with Crippen molar-refractivity contribution in [2.45, 2.75) is 30.2 Å². The fraction of sp³-hybridized carbons (Fsp3) is 0.429. The fourth-order valence-corrected chi connectivity index (χ4v) is 4.98. The molecule has 7 nitrogen and oxygen atoms in total. The number of hydrogen-bond acceptors (Lipinski definition) is 6. The number of sulfonamides is 1. The molecule has 2 aliphatic rings. The molecule has 0 bridgehead atoms. The van der Waals surface area contributed by atoms with Crippen molar-refractivity contribution in [3.05, 3.63) is 48.0 Å². The predicted octanol–water partition coefficient (Wildman–Crippen LogP) is 2.93. The number of methoxy groups -OCH3 is 1. The molecule has 1 N–H and O–H groups in total. The van der Waals surface area contributed by atoms with Crippen LogP contribution in [-0.4, -0.2) is 46.9 Å². The third kappa shape index (κ3) is 4.34. The fourth-order valence-electron chi connectivity index (χ4n) is 3.92. The lowest BCUT2D eigenvalue weighted by atomic mass is 10.0. The average molecular weight is 419 g/mol. The summed E-state index contributed by atoms with van der Waals surface area (Å²) in [7, 11) is -2.05. The molecule has 8 heteroatoms. The molecular formula is C21H26N2O5S. The van der Waals surface area contributed by atoms with Crippen LogP contribution in [0.1, 0.15) is 30.9 Å². The van der Waals surface area contributed by atoms with Gasteiger partial charge in [-0.15, -0.1) is 0 Å². The van der Waals surface area contributed by atoms with E-state index >= 15 is 0 Å². The molecular weight excluding hydrogens is 392 g/mol. The minimum Gasteiger partial charge on any atom is -0.496 e. The van der Waals surface area contributed by atoms with Crippen molar-refractivity contribution in [2.24, 2.45) is 0 Å². The van der Waals surface area contributed by atoms with Crippen LogP contribution < -0.4 is 18.9 Å². The van der Waals surface area contributed by atoms with Crippen LogP contribution >= 0.6 is 0 Å². The maximum atomic E-state index is 12.9. The minimum atomic E-state index is -3.70. The van der Waals surface area contributed by atoms with Crippen LogP contribution in [0.5, 0.6) is 17.2 Å². The predicted molar refractivity (Wildman–Crippen MR) is 109 cm³/mol. The van der Waals surface area contributed by atoms with Gasteiger partial charge in [-0.3, -0.25) is 4.90 Å². The van der Waals surface area contributed by atoms with Crippen LogP contribution in [0.3, 0.4) is 0 Å². The Hall–Kier alpha value is -2.29. The minimum absolute atomic E-state index is 0.102. The van der Waals surface area contributed by atoms with Crippen molar-refractivity contribution in [3.8, 4) is 17.2 Å². The number of piperidine rings is 1. The van der Waals surface area contributed by atoms with Gasteiger partial charge < -0.3 is 14.2 Å². The Morgan fingerprint density at radius 1 is 1.07 bits per heavy atom. The van der Waals surface area contributed by atoms with Crippen molar-refractivity contribution in [2.75, 3.05) is 33.5 Å². The zero-order valence-corrected chi connectivity index (χ0v) is 17.3. The maximum absolute atomic E-state index is 12.9. The molecule has 1 saturated heterocycles. The summed E-state index contributed by atoms with van der Waals surface area (Å²) in [5.41, 5.74) is 0.991. The first-order valence-electron chi connectivity index (χ1n) is 9.85. The quantitative estimate of drug-likeness (QED) is 0.745. The van der Waals surface area contributed by atoms with Crippen LogP contribution in [0.2, 0.25) is 0 Å². The molecule has 2 aromatic carbocycles. The van der Waals surface area contributed by atoms with E-state index < -0.39 is 10.0 Å². The number of likely N-dealkylation sites (tertiary alicyclic amines) is 1. The molecule has 0 aromatic heterocycles. The van der Waals surface area contributed by atoms with Gasteiger partial charge in [0.2, 0.25) is 16.8 Å². The van der Waals surface area contributed by atoms with E-state index in [-0.39, 0.29) is 24.3 Å². The monoisotopic (exact) mass is 418 g/mol. The second-order valence-corrected chi connectivity index (χ2v) is 8.99. The highest BCUT2D eigenvalue weighted by molar-refractivity contribution is 7.89. The first-order valence-corrected chi connectivity index (χ1v) is 11.3. The highest BCUT2D eigenvalue weighted by Crippen LogP contribution is 2.34. The van der Waals surface area contributed by atoms with E-state index in [1.54, 1.807) is 13.2 Å². The standard InChI is InChI=1S/C21H26N2O5S/c1-26-19-8-4-3-7-17(19)18(23-11-5-2-6-12-23)14-22-29(24,25)16-9-10-20-21(13-16)28-15-27-20/h3-4,7-10,13,18,22H,2,5-6,11-12,14-15H2,1H3. The van der Waals surface area contributed by atoms with Crippen LogP contribution in [0.15, 0.2) is 47.4 Å². The lowest BCUT2D eigenvalue weighted by molar-refractivity contribution is 0.162. The van der Waals surface area contributed by atoms with Crippen molar-refractivity contribution in [1.82, 2.24) is 9.62 Å². The molecule has 0 radical (unpaired) electrons. The summed E-state index contributed by atoms with van der Waals surface area (Å²) in [5.74, 6) is 1.78. The number of benzene rings is 2. The summed E-state index contributed by atoms with van der Waals surface area (Å²) in [6, 6.07) is 12.4. The number of para-hydroxylation sites is 1. The second-order valence-electron chi connectivity index (χ2n) is 7.22. The third-order valence-corrected chi connectivity index (χ3v) is 6.87. The van der Waals surface area contributed by atoms with Gasteiger partial charge in [-0.05, 0) is 44.1 Å². The highest BCUT2D eigenvalue weighted by Gasteiger charge is 2.27. The molecule has 156 valence electrons. The summed E-state index contributed by atoms with van der Waals surface area (Å²) in [6.07, 6.45) is 3.43. The third-order valence-electron chi connectivity index (χ3n) is 5.45. The number of nitrogens with zero attached hydrogens (tertiary/aromatic N) is 1. The summed E-state index contributed by atoms with van der Waals surface area (Å²) in [4.78, 5) is 2.50. The van der Waals surface area contributed by atoms with E-state index in [9.17, 15) is 8.42 Å². The first-order chi connectivity index (χ1) is 14.1. The molecule has 2 aliphatic heterocycles. The molecule has 1 atom stereocenters. The Morgan fingerprint density at radius 3 is 2.62 bits per heavy atom.